The van der Waals surface area contributed by atoms with Crippen LogP contribution < -0.4 is 5.32 Å². The van der Waals surface area contributed by atoms with Crippen LogP contribution in [0, 0.1) is 5.92 Å². The molecule has 1 saturated heterocycles. The van der Waals surface area contributed by atoms with Gasteiger partial charge in [0.1, 0.15) is 5.82 Å². The van der Waals surface area contributed by atoms with E-state index in [-0.39, 0.29) is 0 Å². The van der Waals surface area contributed by atoms with Crippen molar-refractivity contribution in [3.05, 3.63) is 11.6 Å². The van der Waals surface area contributed by atoms with Crippen LogP contribution in [-0.2, 0) is 6.42 Å². The molecule has 0 radical (unpaired) electrons. The van der Waals surface area contributed by atoms with Crippen LogP contribution in [0.3, 0.4) is 0 Å². The SMILES string of the molecule is C1CC(Cc2nc(C3CC3)n[nH]2)CN1. The summed E-state index contributed by atoms with van der Waals surface area (Å²) in [5, 5.41) is 10.7. The Labute approximate surface area is 83.5 Å². The number of nitrogens with one attached hydrogen (secondary N) is 2. The highest BCUT2D eigenvalue weighted by Crippen LogP contribution is 2.37. The average Bonchev–Trinajstić information content (AvgIpc) is 2.75. The van der Waals surface area contributed by atoms with E-state index < -0.39 is 0 Å². The first-order valence-electron chi connectivity index (χ1n) is 5.54. The molecule has 4 heteroatoms. The van der Waals surface area contributed by atoms with Gasteiger partial charge in [-0.3, -0.25) is 5.10 Å². The van der Waals surface area contributed by atoms with Crippen LogP contribution in [0.1, 0.15) is 36.8 Å². The minimum atomic E-state index is 0.668. The Morgan fingerprint density at radius 1 is 1.29 bits per heavy atom. The van der Waals surface area contributed by atoms with Gasteiger partial charge >= 0.3 is 0 Å². The van der Waals surface area contributed by atoms with Gasteiger partial charge in [-0.25, -0.2) is 4.98 Å². The molecule has 1 unspecified atom stereocenters. The molecular formula is C10H16N4. The smallest absolute Gasteiger partial charge is 0.153 e. The maximum Gasteiger partial charge on any atom is 0.153 e. The minimum Gasteiger partial charge on any atom is -0.316 e. The Bertz CT molecular complexity index is 310. The van der Waals surface area contributed by atoms with Gasteiger partial charge in [0.15, 0.2) is 5.82 Å². The standard InChI is InChI=1S/C10H16N4/c1-2-8(1)10-12-9(13-14-10)5-7-3-4-11-6-7/h7-8,11H,1-6H2,(H,12,13,14). The maximum atomic E-state index is 4.54. The van der Waals surface area contributed by atoms with E-state index in [0.29, 0.717) is 5.92 Å². The van der Waals surface area contributed by atoms with Crippen molar-refractivity contribution in [2.75, 3.05) is 13.1 Å². The van der Waals surface area contributed by atoms with Gasteiger partial charge in [-0.15, -0.1) is 0 Å². The van der Waals surface area contributed by atoms with Crippen LogP contribution in [-0.4, -0.2) is 28.3 Å². The number of aromatic amines is 1. The van der Waals surface area contributed by atoms with Crippen molar-refractivity contribution in [1.29, 1.82) is 0 Å². The Kier molecular flexibility index (Phi) is 2.01. The highest BCUT2D eigenvalue weighted by atomic mass is 15.2. The zero-order chi connectivity index (χ0) is 9.38. The van der Waals surface area contributed by atoms with Gasteiger partial charge in [0, 0.05) is 12.3 Å². The summed E-state index contributed by atoms with van der Waals surface area (Å²) in [5.74, 6) is 3.56. The zero-order valence-corrected chi connectivity index (χ0v) is 8.29. The number of hydrogen-bond acceptors (Lipinski definition) is 3. The van der Waals surface area contributed by atoms with Crippen LogP contribution >= 0.6 is 0 Å². The van der Waals surface area contributed by atoms with E-state index in [1.54, 1.807) is 0 Å². The first kappa shape index (κ1) is 8.41. The van der Waals surface area contributed by atoms with E-state index in [9.17, 15) is 0 Å². The Morgan fingerprint density at radius 3 is 2.93 bits per heavy atom. The molecule has 2 N–H and O–H groups in total. The Morgan fingerprint density at radius 2 is 2.21 bits per heavy atom. The number of rotatable bonds is 3. The van der Waals surface area contributed by atoms with E-state index in [1.807, 2.05) is 0 Å². The highest BCUT2D eigenvalue weighted by molar-refractivity contribution is 5.05. The normalized spacial score (nSPS) is 27.0. The first-order valence-corrected chi connectivity index (χ1v) is 5.54. The lowest BCUT2D eigenvalue weighted by Crippen LogP contribution is -2.11. The topological polar surface area (TPSA) is 53.6 Å². The summed E-state index contributed by atoms with van der Waals surface area (Å²) in [4.78, 5) is 4.54. The molecule has 0 aromatic carbocycles. The van der Waals surface area contributed by atoms with Crippen LogP contribution in [0.2, 0.25) is 0 Å². The molecular weight excluding hydrogens is 176 g/mol. The molecule has 76 valence electrons. The van der Waals surface area contributed by atoms with Gasteiger partial charge in [-0.05, 0) is 38.3 Å². The van der Waals surface area contributed by atoms with Gasteiger partial charge < -0.3 is 5.32 Å². The van der Waals surface area contributed by atoms with E-state index in [2.05, 4.69) is 20.5 Å². The molecule has 2 fully saturated rings. The lowest BCUT2D eigenvalue weighted by Gasteiger charge is -2.03. The lowest BCUT2D eigenvalue weighted by atomic mass is 10.1. The molecule has 1 saturated carbocycles. The van der Waals surface area contributed by atoms with Crippen molar-refractivity contribution in [1.82, 2.24) is 20.5 Å². The van der Waals surface area contributed by atoms with Crippen LogP contribution in [0.4, 0.5) is 0 Å². The molecule has 3 rings (SSSR count). The molecule has 1 aromatic heterocycles. The molecule has 1 aliphatic carbocycles. The van der Waals surface area contributed by atoms with Gasteiger partial charge in [0.05, 0.1) is 0 Å². The summed E-state index contributed by atoms with van der Waals surface area (Å²) in [5.41, 5.74) is 0. The monoisotopic (exact) mass is 192 g/mol. The lowest BCUT2D eigenvalue weighted by molar-refractivity contribution is 0.562. The van der Waals surface area contributed by atoms with E-state index in [1.165, 1.54) is 19.3 Å². The predicted octanol–water partition coefficient (Wildman–Crippen LogP) is 0.834. The second kappa shape index (κ2) is 3.35. The van der Waals surface area contributed by atoms with Gasteiger partial charge in [0.25, 0.3) is 0 Å². The summed E-state index contributed by atoms with van der Waals surface area (Å²) in [6, 6.07) is 0. The molecule has 1 aliphatic heterocycles. The van der Waals surface area contributed by atoms with Crippen molar-refractivity contribution in [2.24, 2.45) is 5.92 Å². The van der Waals surface area contributed by atoms with Crippen LogP contribution in [0.25, 0.3) is 0 Å². The van der Waals surface area contributed by atoms with E-state index >= 15 is 0 Å². The average molecular weight is 192 g/mol. The van der Waals surface area contributed by atoms with E-state index in [0.717, 1.165) is 37.1 Å². The summed E-state index contributed by atoms with van der Waals surface area (Å²) in [6.07, 6.45) is 4.90. The molecule has 0 amide bonds. The first-order chi connectivity index (χ1) is 6.92. The fourth-order valence-electron chi connectivity index (χ4n) is 2.09. The highest BCUT2D eigenvalue weighted by Gasteiger charge is 2.28. The van der Waals surface area contributed by atoms with E-state index in [4.69, 9.17) is 0 Å². The second-order valence-electron chi connectivity index (χ2n) is 4.48. The number of aromatic nitrogens is 3. The van der Waals surface area contributed by atoms with Crippen molar-refractivity contribution in [3.63, 3.8) is 0 Å². The fourth-order valence-corrected chi connectivity index (χ4v) is 2.09. The molecule has 1 atom stereocenters. The molecule has 1 aromatic rings. The Hall–Kier alpha value is -0.900. The third kappa shape index (κ3) is 1.66. The third-order valence-electron chi connectivity index (χ3n) is 3.14. The van der Waals surface area contributed by atoms with Gasteiger partial charge in [-0.2, -0.15) is 5.10 Å². The number of nitrogens with zero attached hydrogens (tertiary/aromatic N) is 2. The largest absolute Gasteiger partial charge is 0.316 e. The molecule has 2 heterocycles. The molecule has 2 aliphatic rings. The van der Waals surface area contributed by atoms with Crippen molar-refractivity contribution >= 4 is 0 Å². The predicted molar refractivity (Wildman–Crippen MR) is 53.0 cm³/mol. The third-order valence-corrected chi connectivity index (χ3v) is 3.14. The molecule has 14 heavy (non-hydrogen) atoms. The van der Waals surface area contributed by atoms with Crippen molar-refractivity contribution in [3.8, 4) is 0 Å². The van der Waals surface area contributed by atoms with Crippen LogP contribution in [0.15, 0.2) is 0 Å². The quantitative estimate of drug-likeness (QED) is 0.746. The summed E-state index contributed by atoms with van der Waals surface area (Å²) in [6.45, 7) is 2.30. The Balaban J connectivity index is 1.64. The fraction of sp³-hybridized carbons (Fsp3) is 0.800. The van der Waals surface area contributed by atoms with Crippen molar-refractivity contribution < 1.29 is 0 Å². The molecule has 0 bridgehead atoms. The molecule has 0 spiro atoms. The van der Waals surface area contributed by atoms with Gasteiger partial charge in [-0.1, -0.05) is 0 Å². The minimum absolute atomic E-state index is 0.668. The zero-order valence-electron chi connectivity index (χ0n) is 8.29. The number of H-pyrrole nitrogens is 1. The van der Waals surface area contributed by atoms with Crippen molar-refractivity contribution in [2.45, 2.75) is 31.6 Å². The molecule has 4 nitrogen and oxygen atoms in total. The second-order valence-corrected chi connectivity index (χ2v) is 4.48. The maximum absolute atomic E-state index is 4.54. The number of hydrogen-bond donors (Lipinski definition) is 2. The van der Waals surface area contributed by atoms with Gasteiger partial charge in [0.2, 0.25) is 0 Å². The van der Waals surface area contributed by atoms with Crippen LogP contribution in [0.5, 0.6) is 0 Å². The summed E-state index contributed by atoms with van der Waals surface area (Å²) < 4.78 is 0. The summed E-state index contributed by atoms with van der Waals surface area (Å²) in [7, 11) is 0. The summed E-state index contributed by atoms with van der Waals surface area (Å²) >= 11 is 0.